The van der Waals surface area contributed by atoms with Crippen LogP contribution in [0.3, 0.4) is 0 Å². The van der Waals surface area contributed by atoms with Crippen molar-refractivity contribution in [3.8, 4) is 0 Å². The molecule has 1 spiro atoms. The lowest BCUT2D eigenvalue weighted by Gasteiger charge is -2.37. The lowest BCUT2D eigenvalue weighted by atomic mass is 9.66. The van der Waals surface area contributed by atoms with E-state index >= 15 is 0 Å². The van der Waals surface area contributed by atoms with Crippen molar-refractivity contribution in [1.29, 1.82) is 0 Å². The zero-order chi connectivity index (χ0) is 27.2. The van der Waals surface area contributed by atoms with E-state index in [-0.39, 0.29) is 24.3 Å². The van der Waals surface area contributed by atoms with E-state index in [0.717, 1.165) is 25.7 Å². The molecule has 3 fully saturated rings. The van der Waals surface area contributed by atoms with Crippen LogP contribution in [0.5, 0.6) is 0 Å². The minimum atomic E-state index is -1.00. The Morgan fingerprint density at radius 2 is 1.70 bits per heavy atom. The summed E-state index contributed by atoms with van der Waals surface area (Å²) < 4.78 is 6.76. The second-order valence-electron chi connectivity index (χ2n) is 11.0. The summed E-state index contributed by atoms with van der Waals surface area (Å²) in [4.78, 5) is 47.6. The Hall–Kier alpha value is -2.19. The predicted molar refractivity (Wildman–Crippen MR) is 144 cm³/mol. The first kappa shape index (κ1) is 29.4. The number of fused-ring (bicyclic) bond motifs is 1. The molecular formula is C29H47N3O5. The number of amides is 3. The van der Waals surface area contributed by atoms with E-state index in [1.54, 1.807) is 26.9 Å². The molecule has 8 heteroatoms. The van der Waals surface area contributed by atoms with Gasteiger partial charge in [0, 0.05) is 39.3 Å². The van der Waals surface area contributed by atoms with Gasteiger partial charge in [0.25, 0.3) is 0 Å². The predicted octanol–water partition coefficient (Wildman–Crippen LogP) is 3.15. The fraction of sp³-hybridized carbons (Fsp3) is 0.759. The maximum Gasteiger partial charge on any atom is 0.248 e. The van der Waals surface area contributed by atoms with Crippen LogP contribution < -0.4 is 0 Å². The van der Waals surface area contributed by atoms with E-state index in [9.17, 15) is 19.5 Å². The third-order valence-electron chi connectivity index (χ3n) is 8.43. The highest BCUT2D eigenvalue weighted by Crippen LogP contribution is 2.63. The van der Waals surface area contributed by atoms with Gasteiger partial charge in [-0.05, 0) is 51.9 Å². The van der Waals surface area contributed by atoms with Crippen molar-refractivity contribution in [2.45, 2.75) is 89.4 Å². The van der Waals surface area contributed by atoms with Gasteiger partial charge in [-0.1, -0.05) is 32.4 Å². The molecule has 0 aromatic carbocycles. The molecule has 2 unspecified atom stereocenters. The molecule has 3 aliphatic rings. The van der Waals surface area contributed by atoms with Crippen LogP contribution >= 0.6 is 0 Å². The molecule has 3 amide bonds. The Morgan fingerprint density at radius 3 is 2.30 bits per heavy atom. The zero-order valence-corrected chi connectivity index (χ0v) is 23.1. The Labute approximate surface area is 222 Å². The monoisotopic (exact) mass is 517 g/mol. The molecule has 0 aromatic heterocycles. The summed E-state index contributed by atoms with van der Waals surface area (Å²) >= 11 is 0. The number of nitrogens with zero attached hydrogens (tertiary/aromatic N) is 3. The molecule has 2 bridgehead atoms. The summed E-state index contributed by atoms with van der Waals surface area (Å²) in [6.07, 6.45) is 9.38. The molecule has 208 valence electrons. The Bertz CT molecular complexity index is 862. The van der Waals surface area contributed by atoms with Crippen LogP contribution in [0.2, 0.25) is 0 Å². The smallest absolute Gasteiger partial charge is 0.248 e. The summed E-state index contributed by atoms with van der Waals surface area (Å²) in [6, 6.07) is -0.755. The fourth-order valence-corrected chi connectivity index (χ4v) is 6.78. The molecule has 0 radical (unpaired) electrons. The molecule has 3 saturated heterocycles. The number of likely N-dealkylation sites (tertiary alicyclic amines) is 1. The van der Waals surface area contributed by atoms with Crippen LogP contribution in [-0.2, 0) is 19.1 Å². The van der Waals surface area contributed by atoms with E-state index in [4.69, 9.17) is 4.74 Å². The van der Waals surface area contributed by atoms with Crippen molar-refractivity contribution < 1.29 is 24.2 Å². The van der Waals surface area contributed by atoms with Crippen molar-refractivity contribution in [3.05, 3.63) is 25.3 Å². The van der Waals surface area contributed by atoms with Crippen molar-refractivity contribution in [1.82, 2.24) is 14.7 Å². The standard InChI is InChI=1S/C29H47N3O5/c1-6-10-19-31(18-9-4)27(36)24-29-15-14-28(5,37-29)22(25(34)30(16-7-2)17-8-3)23(29)26(35)32(24)20-12-11-13-21-33/h7,9,22-24,33H,2,4,6,8,10-21H2,1,3,5H3/t22-,23-,24?,28+,29?/m0/s1. The van der Waals surface area contributed by atoms with Gasteiger partial charge < -0.3 is 24.5 Å². The van der Waals surface area contributed by atoms with Crippen LogP contribution in [0.1, 0.15) is 72.1 Å². The minimum absolute atomic E-state index is 0.0774. The maximum absolute atomic E-state index is 14.2. The SMILES string of the molecule is C=CCN(CCCC)C(=O)C1N(CCCCCO)C(=O)[C@@H]2[C@@H](C(=O)N(CC=C)CCC)[C@@]3(C)CCC12O3. The molecule has 0 saturated carbocycles. The zero-order valence-electron chi connectivity index (χ0n) is 23.1. The van der Waals surface area contributed by atoms with Crippen LogP contribution in [0, 0.1) is 11.8 Å². The van der Waals surface area contributed by atoms with Crippen LogP contribution in [0.4, 0.5) is 0 Å². The van der Waals surface area contributed by atoms with Gasteiger partial charge >= 0.3 is 0 Å². The second kappa shape index (κ2) is 12.6. The van der Waals surface area contributed by atoms with Gasteiger partial charge in [-0.2, -0.15) is 0 Å². The van der Waals surface area contributed by atoms with E-state index < -0.39 is 29.1 Å². The molecule has 3 aliphatic heterocycles. The van der Waals surface area contributed by atoms with Gasteiger partial charge in [-0.15, -0.1) is 13.2 Å². The van der Waals surface area contributed by atoms with E-state index in [1.807, 2.05) is 13.8 Å². The molecule has 1 N–H and O–H groups in total. The first-order valence-corrected chi connectivity index (χ1v) is 14.2. The average molecular weight is 518 g/mol. The second-order valence-corrected chi connectivity index (χ2v) is 11.0. The molecule has 3 rings (SSSR count). The largest absolute Gasteiger partial charge is 0.396 e. The number of ether oxygens (including phenoxy) is 1. The number of carbonyl (C=O) groups excluding carboxylic acids is 3. The number of unbranched alkanes of at least 4 members (excludes halogenated alkanes) is 3. The quantitative estimate of drug-likeness (QED) is 0.251. The lowest BCUT2D eigenvalue weighted by Crippen LogP contribution is -2.56. The lowest BCUT2D eigenvalue weighted by molar-refractivity contribution is -0.153. The van der Waals surface area contributed by atoms with Crippen molar-refractivity contribution in [2.75, 3.05) is 39.3 Å². The molecule has 8 nitrogen and oxygen atoms in total. The number of rotatable bonds is 16. The Kier molecular flexibility index (Phi) is 9.98. The summed E-state index contributed by atoms with van der Waals surface area (Å²) in [5.74, 6) is -1.63. The topological polar surface area (TPSA) is 90.4 Å². The van der Waals surface area contributed by atoms with Crippen molar-refractivity contribution in [2.24, 2.45) is 11.8 Å². The van der Waals surface area contributed by atoms with E-state index in [1.165, 1.54) is 0 Å². The number of hydrogen-bond donors (Lipinski definition) is 1. The van der Waals surface area contributed by atoms with Gasteiger partial charge in [0.15, 0.2) is 0 Å². The molecule has 0 aliphatic carbocycles. The summed E-state index contributed by atoms with van der Waals surface area (Å²) in [5.41, 5.74) is -1.78. The molecule has 0 aromatic rings. The molecule has 3 heterocycles. The Morgan fingerprint density at radius 1 is 1.03 bits per heavy atom. The van der Waals surface area contributed by atoms with E-state index in [2.05, 4.69) is 20.1 Å². The first-order chi connectivity index (χ1) is 17.8. The first-order valence-electron chi connectivity index (χ1n) is 14.2. The van der Waals surface area contributed by atoms with Gasteiger partial charge in [0.2, 0.25) is 17.7 Å². The number of hydrogen-bond acceptors (Lipinski definition) is 5. The minimum Gasteiger partial charge on any atom is -0.396 e. The normalized spacial score (nSPS) is 29.9. The van der Waals surface area contributed by atoms with Crippen molar-refractivity contribution in [3.63, 3.8) is 0 Å². The van der Waals surface area contributed by atoms with Gasteiger partial charge in [-0.25, -0.2) is 0 Å². The third-order valence-corrected chi connectivity index (χ3v) is 8.43. The van der Waals surface area contributed by atoms with Gasteiger partial charge in [-0.3, -0.25) is 14.4 Å². The Balaban J connectivity index is 2.02. The van der Waals surface area contributed by atoms with Crippen molar-refractivity contribution >= 4 is 17.7 Å². The van der Waals surface area contributed by atoms with Crippen LogP contribution in [-0.4, -0.2) is 94.1 Å². The molecule has 37 heavy (non-hydrogen) atoms. The highest BCUT2D eigenvalue weighted by Gasteiger charge is 2.78. The fourth-order valence-electron chi connectivity index (χ4n) is 6.78. The molecular weight excluding hydrogens is 470 g/mol. The van der Waals surface area contributed by atoms with Crippen LogP contribution in [0.25, 0.3) is 0 Å². The third kappa shape index (κ3) is 5.37. The number of aliphatic hydroxyl groups is 1. The highest BCUT2D eigenvalue weighted by atomic mass is 16.5. The highest BCUT2D eigenvalue weighted by molar-refractivity contribution is 5.99. The molecule has 5 atom stereocenters. The van der Waals surface area contributed by atoms with E-state index in [0.29, 0.717) is 58.4 Å². The summed E-state index contributed by atoms with van der Waals surface area (Å²) in [7, 11) is 0. The number of aliphatic hydroxyl groups excluding tert-OH is 1. The van der Waals surface area contributed by atoms with Gasteiger partial charge in [0.05, 0.1) is 17.4 Å². The average Bonchev–Trinajstić information content (AvgIpc) is 3.44. The van der Waals surface area contributed by atoms with Crippen LogP contribution in [0.15, 0.2) is 25.3 Å². The number of carbonyl (C=O) groups is 3. The van der Waals surface area contributed by atoms with Gasteiger partial charge in [0.1, 0.15) is 11.6 Å². The summed E-state index contributed by atoms with van der Waals surface area (Å²) in [6.45, 7) is 16.2. The maximum atomic E-state index is 14.2. The summed E-state index contributed by atoms with van der Waals surface area (Å²) in [5, 5.41) is 9.22.